The van der Waals surface area contributed by atoms with Gasteiger partial charge >= 0.3 is 0 Å². The van der Waals surface area contributed by atoms with Crippen LogP contribution >= 0.6 is 0 Å². The molecule has 6 heteroatoms. The zero-order valence-electron chi connectivity index (χ0n) is 17.1. The van der Waals surface area contributed by atoms with Crippen LogP contribution in [-0.4, -0.2) is 67.1 Å². The Balaban J connectivity index is 1.42. The summed E-state index contributed by atoms with van der Waals surface area (Å²) in [6.45, 7) is 7.28. The molecule has 0 spiro atoms. The minimum Gasteiger partial charge on any atom is -0.368 e. The van der Waals surface area contributed by atoms with Crippen LogP contribution in [0.2, 0.25) is 0 Å². The molecule has 0 bridgehead atoms. The van der Waals surface area contributed by atoms with E-state index in [0.717, 1.165) is 51.5 Å². The number of nitrogens with one attached hydrogen (secondary N) is 1. The van der Waals surface area contributed by atoms with Crippen LogP contribution in [0.3, 0.4) is 0 Å². The van der Waals surface area contributed by atoms with E-state index < -0.39 is 0 Å². The number of hydrogen-bond acceptors (Lipinski definition) is 3. The van der Waals surface area contributed by atoms with Crippen molar-refractivity contribution in [2.24, 2.45) is 4.99 Å². The molecule has 154 valence electrons. The molecule has 1 N–H and O–H groups in total. The van der Waals surface area contributed by atoms with E-state index in [1.165, 1.54) is 16.3 Å². The molecule has 0 radical (unpaired) electrons. The fraction of sp³-hybridized carbons (Fsp3) is 0.478. The largest absolute Gasteiger partial charge is 0.368 e. The summed E-state index contributed by atoms with van der Waals surface area (Å²) in [6, 6.07) is 14.8. The van der Waals surface area contributed by atoms with Crippen molar-refractivity contribution in [3.63, 3.8) is 0 Å². The number of carbonyl (C=O) groups is 1. The lowest BCUT2D eigenvalue weighted by atomic mass is 10.1. The fourth-order valence-electron chi connectivity index (χ4n) is 4.13. The molecule has 2 saturated heterocycles. The van der Waals surface area contributed by atoms with Crippen molar-refractivity contribution in [2.75, 3.05) is 39.3 Å². The third kappa shape index (κ3) is 4.53. The Labute approximate surface area is 172 Å². The second kappa shape index (κ2) is 9.27. The van der Waals surface area contributed by atoms with Gasteiger partial charge in [-0.15, -0.1) is 0 Å². The quantitative estimate of drug-likeness (QED) is 0.640. The zero-order chi connectivity index (χ0) is 20.1. The maximum Gasteiger partial charge on any atom is 0.251 e. The van der Waals surface area contributed by atoms with Gasteiger partial charge in [0.2, 0.25) is 0 Å². The van der Waals surface area contributed by atoms with Crippen LogP contribution < -0.4 is 5.32 Å². The molecule has 2 aromatic rings. The third-order valence-electron chi connectivity index (χ3n) is 5.71. The standard InChI is InChI=1S/C23H30N4O2/c1-2-24-23(25-17-19-9-5-8-18-7-3-4-10-20(18)19)27-14-12-26(13-15-27)22(28)21-11-6-16-29-21/h3-5,7-10,21H,2,6,11-17H2,1H3,(H,24,25). The molecule has 4 rings (SSSR count). The lowest BCUT2D eigenvalue weighted by Gasteiger charge is -2.37. The minimum atomic E-state index is -0.227. The Morgan fingerprint density at radius 1 is 1.10 bits per heavy atom. The van der Waals surface area contributed by atoms with Crippen molar-refractivity contribution in [3.05, 3.63) is 48.0 Å². The van der Waals surface area contributed by atoms with E-state index in [1.807, 2.05) is 4.90 Å². The highest BCUT2D eigenvalue weighted by atomic mass is 16.5. The summed E-state index contributed by atoms with van der Waals surface area (Å²) in [4.78, 5) is 21.7. The number of aliphatic imine (C=N–C) groups is 1. The van der Waals surface area contributed by atoms with Crippen LogP contribution in [0.5, 0.6) is 0 Å². The first kappa shape index (κ1) is 19.7. The first-order chi connectivity index (χ1) is 14.3. The van der Waals surface area contributed by atoms with Crippen LogP contribution in [0.1, 0.15) is 25.3 Å². The summed E-state index contributed by atoms with van der Waals surface area (Å²) >= 11 is 0. The van der Waals surface area contributed by atoms with E-state index >= 15 is 0 Å². The molecule has 1 atom stereocenters. The Morgan fingerprint density at radius 3 is 2.62 bits per heavy atom. The highest BCUT2D eigenvalue weighted by Crippen LogP contribution is 2.20. The van der Waals surface area contributed by atoms with Gasteiger partial charge in [0.1, 0.15) is 6.10 Å². The smallest absolute Gasteiger partial charge is 0.251 e. The molecule has 1 amide bonds. The Kier molecular flexibility index (Phi) is 6.30. The van der Waals surface area contributed by atoms with Crippen molar-refractivity contribution in [2.45, 2.75) is 32.4 Å². The number of piperazine rings is 1. The second-order valence-corrected chi connectivity index (χ2v) is 7.62. The van der Waals surface area contributed by atoms with Crippen molar-refractivity contribution >= 4 is 22.6 Å². The highest BCUT2D eigenvalue weighted by molar-refractivity contribution is 5.86. The number of fused-ring (bicyclic) bond motifs is 1. The van der Waals surface area contributed by atoms with Crippen LogP contribution in [0, 0.1) is 0 Å². The summed E-state index contributed by atoms with van der Waals surface area (Å²) in [5.41, 5.74) is 1.23. The molecule has 0 aliphatic carbocycles. The molecular weight excluding hydrogens is 364 g/mol. The summed E-state index contributed by atoms with van der Waals surface area (Å²) in [6.07, 6.45) is 1.62. The van der Waals surface area contributed by atoms with Gasteiger partial charge in [0, 0.05) is 39.3 Å². The van der Waals surface area contributed by atoms with E-state index in [1.54, 1.807) is 0 Å². The number of rotatable bonds is 4. The molecule has 1 unspecified atom stereocenters. The number of amides is 1. The summed E-state index contributed by atoms with van der Waals surface area (Å²) in [5.74, 6) is 1.07. The van der Waals surface area contributed by atoms with Crippen molar-refractivity contribution < 1.29 is 9.53 Å². The van der Waals surface area contributed by atoms with Gasteiger partial charge in [-0.2, -0.15) is 0 Å². The average molecular weight is 395 g/mol. The first-order valence-electron chi connectivity index (χ1n) is 10.7. The average Bonchev–Trinajstić information content (AvgIpc) is 3.31. The molecule has 2 heterocycles. The van der Waals surface area contributed by atoms with Crippen LogP contribution in [0.15, 0.2) is 47.5 Å². The second-order valence-electron chi connectivity index (χ2n) is 7.62. The number of hydrogen-bond donors (Lipinski definition) is 1. The molecule has 0 saturated carbocycles. The Bertz CT molecular complexity index is 863. The van der Waals surface area contributed by atoms with Crippen molar-refractivity contribution in [1.82, 2.24) is 15.1 Å². The molecule has 2 aliphatic heterocycles. The van der Waals surface area contributed by atoms with Gasteiger partial charge in [-0.25, -0.2) is 4.99 Å². The molecule has 2 aromatic carbocycles. The summed E-state index contributed by atoms with van der Waals surface area (Å²) in [5, 5.41) is 5.91. The van der Waals surface area contributed by atoms with Gasteiger partial charge in [0.25, 0.3) is 5.91 Å². The SMILES string of the molecule is CCNC(=NCc1cccc2ccccc12)N1CCN(C(=O)C2CCCO2)CC1. The first-order valence-corrected chi connectivity index (χ1v) is 10.7. The van der Waals surface area contributed by atoms with Gasteiger partial charge in [0.05, 0.1) is 6.54 Å². The van der Waals surface area contributed by atoms with Crippen molar-refractivity contribution in [1.29, 1.82) is 0 Å². The maximum atomic E-state index is 12.6. The highest BCUT2D eigenvalue weighted by Gasteiger charge is 2.30. The molecule has 0 aromatic heterocycles. The van der Waals surface area contributed by atoms with Gasteiger partial charge in [-0.3, -0.25) is 4.79 Å². The Hall–Kier alpha value is -2.60. The maximum absolute atomic E-state index is 12.6. The lowest BCUT2D eigenvalue weighted by molar-refractivity contribution is -0.142. The fourth-order valence-corrected chi connectivity index (χ4v) is 4.13. The minimum absolute atomic E-state index is 0.153. The van der Waals surface area contributed by atoms with Crippen LogP contribution in [0.25, 0.3) is 10.8 Å². The predicted molar refractivity (Wildman–Crippen MR) is 116 cm³/mol. The third-order valence-corrected chi connectivity index (χ3v) is 5.71. The zero-order valence-corrected chi connectivity index (χ0v) is 17.1. The van der Waals surface area contributed by atoms with Gasteiger partial charge in [-0.1, -0.05) is 42.5 Å². The molecule has 2 fully saturated rings. The number of carbonyl (C=O) groups excluding carboxylic acids is 1. The number of ether oxygens (including phenoxy) is 1. The topological polar surface area (TPSA) is 57.2 Å². The molecular formula is C23H30N4O2. The predicted octanol–water partition coefficient (Wildman–Crippen LogP) is 2.63. The van der Waals surface area contributed by atoms with E-state index in [-0.39, 0.29) is 12.0 Å². The molecule has 29 heavy (non-hydrogen) atoms. The number of nitrogens with zero attached hydrogens (tertiary/aromatic N) is 3. The molecule has 2 aliphatic rings. The van der Waals surface area contributed by atoms with E-state index in [2.05, 4.69) is 59.6 Å². The Morgan fingerprint density at radius 2 is 1.86 bits per heavy atom. The van der Waals surface area contributed by atoms with E-state index in [4.69, 9.17) is 9.73 Å². The molecule has 6 nitrogen and oxygen atoms in total. The summed E-state index contributed by atoms with van der Waals surface area (Å²) in [7, 11) is 0. The normalized spacial score (nSPS) is 20.3. The lowest BCUT2D eigenvalue weighted by Crippen LogP contribution is -2.55. The van der Waals surface area contributed by atoms with Gasteiger partial charge in [0.15, 0.2) is 5.96 Å². The van der Waals surface area contributed by atoms with Gasteiger partial charge in [-0.05, 0) is 36.1 Å². The van der Waals surface area contributed by atoms with Crippen LogP contribution in [-0.2, 0) is 16.1 Å². The number of guanidine groups is 1. The van der Waals surface area contributed by atoms with E-state index in [0.29, 0.717) is 13.2 Å². The van der Waals surface area contributed by atoms with Crippen molar-refractivity contribution in [3.8, 4) is 0 Å². The number of benzene rings is 2. The van der Waals surface area contributed by atoms with E-state index in [9.17, 15) is 4.79 Å². The monoisotopic (exact) mass is 394 g/mol. The summed E-state index contributed by atoms with van der Waals surface area (Å²) < 4.78 is 5.56. The van der Waals surface area contributed by atoms with Gasteiger partial charge < -0.3 is 19.9 Å². The van der Waals surface area contributed by atoms with Crippen LogP contribution in [0.4, 0.5) is 0 Å².